The molecule has 0 aliphatic rings. The van der Waals surface area contributed by atoms with Gasteiger partial charge in [0.2, 0.25) is 0 Å². The van der Waals surface area contributed by atoms with Crippen molar-refractivity contribution < 1.29 is 14.0 Å². The molecule has 3 aromatic rings. The maximum absolute atomic E-state index is 13.8. The summed E-state index contributed by atoms with van der Waals surface area (Å²) in [7, 11) is 0. The van der Waals surface area contributed by atoms with Gasteiger partial charge >= 0.3 is 0 Å². The molecule has 0 fully saturated rings. The molecule has 3 rings (SSSR count). The Morgan fingerprint density at radius 2 is 2.04 bits per heavy atom. The number of benzene rings is 1. The van der Waals surface area contributed by atoms with Crippen molar-refractivity contribution in [3.63, 3.8) is 0 Å². The number of thiazole rings is 1. The second kappa shape index (κ2) is 8.20. The summed E-state index contributed by atoms with van der Waals surface area (Å²) in [5, 5.41) is 4.34. The summed E-state index contributed by atoms with van der Waals surface area (Å²) in [6, 6.07) is 10.0. The Morgan fingerprint density at radius 1 is 1.23 bits per heavy atom. The standard InChI is InChI=1S/C18H16FN3O2S2/c1-12-6-7-15(26-12)17(24)20-10-16(23)21-18-22(8-9-25-18)11-13-4-2-3-5-14(13)19/h2-9H,10-11H2,1H3,(H,20,24). The molecule has 2 heterocycles. The minimum atomic E-state index is -0.462. The van der Waals surface area contributed by atoms with E-state index in [-0.39, 0.29) is 24.8 Å². The molecule has 2 aromatic heterocycles. The normalized spacial score (nSPS) is 11.5. The fraction of sp³-hybridized carbons (Fsp3) is 0.167. The van der Waals surface area contributed by atoms with Gasteiger partial charge in [-0.3, -0.25) is 9.59 Å². The van der Waals surface area contributed by atoms with Gasteiger partial charge in [-0.2, -0.15) is 4.99 Å². The third kappa shape index (κ3) is 4.53. The molecule has 1 aromatic carbocycles. The molecule has 8 heteroatoms. The van der Waals surface area contributed by atoms with Crippen LogP contribution < -0.4 is 10.1 Å². The van der Waals surface area contributed by atoms with Gasteiger partial charge in [0.15, 0.2) is 4.80 Å². The minimum absolute atomic E-state index is 0.187. The number of aromatic nitrogens is 1. The number of hydrogen-bond donors (Lipinski definition) is 1. The maximum atomic E-state index is 13.8. The zero-order valence-corrected chi connectivity index (χ0v) is 15.6. The number of aryl methyl sites for hydroxylation is 1. The lowest BCUT2D eigenvalue weighted by Crippen LogP contribution is -2.29. The predicted octanol–water partition coefficient (Wildman–Crippen LogP) is 2.96. The highest BCUT2D eigenvalue weighted by Crippen LogP contribution is 2.14. The molecule has 2 amide bonds. The monoisotopic (exact) mass is 389 g/mol. The molecule has 5 nitrogen and oxygen atoms in total. The molecule has 0 bridgehead atoms. The molecule has 26 heavy (non-hydrogen) atoms. The summed E-state index contributed by atoms with van der Waals surface area (Å²) in [5.74, 6) is -1.06. The summed E-state index contributed by atoms with van der Waals surface area (Å²) < 4.78 is 15.5. The van der Waals surface area contributed by atoms with E-state index in [9.17, 15) is 14.0 Å². The van der Waals surface area contributed by atoms with Crippen molar-refractivity contribution in [3.05, 3.63) is 73.9 Å². The van der Waals surface area contributed by atoms with E-state index < -0.39 is 5.91 Å². The highest BCUT2D eigenvalue weighted by Gasteiger charge is 2.10. The lowest BCUT2D eigenvalue weighted by Gasteiger charge is -2.04. The Hall–Kier alpha value is -2.58. The molecule has 0 aliphatic heterocycles. The second-order valence-electron chi connectivity index (χ2n) is 5.50. The van der Waals surface area contributed by atoms with Crippen LogP contribution in [-0.4, -0.2) is 22.9 Å². The molecule has 0 saturated carbocycles. The van der Waals surface area contributed by atoms with Crippen molar-refractivity contribution in [2.75, 3.05) is 6.54 Å². The summed E-state index contributed by atoms with van der Waals surface area (Å²) in [6.45, 7) is 2.00. The van der Waals surface area contributed by atoms with E-state index in [1.165, 1.54) is 28.7 Å². The van der Waals surface area contributed by atoms with Crippen LogP contribution in [0.1, 0.15) is 20.1 Å². The van der Waals surface area contributed by atoms with Gasteiger partial charge in [0.05, 0.1) is 18.0 Å². The first-order valence-electron chi connectivity index (χ1n) is 7.82. The first kappa shape index (κ1) is 18.2. The van der Waals surface area contributed by atoms with Crippen LogP contribution >= 0.6 is 22.7 Å². The van der Waals surface area contributed by atoms with Crippen molar-refractivity contribution in [2.24, 2.45) is 4.99 Å². The van der Waals surface area contributed by atoms with Gasteiger partial charge in [-0.05, 0) is 25.1 Å². The summed E-state index contributed by atoms with van der Waals surface area (Å²) in [6.07, 6.45) is 1.75. The van der Waals surface area contributed by atoms with E-state index in [2.05, 4.69) is 10.3 Å². The van der Waals surface area contributed by atoms with Gasteiger partial charge in [0, 0.05) is 22.0 Å². The number of amides is 2. The molecule has 0 saturated heterocycles. The predicted molar refractivity (Wildman–Crippen MR) is 99.8 cm³/mol. The van der Waals surface area contributed by atoms with E-state index >= 15 is 0 Å². The largest absolute Gasteiger partial charge is 0.342 e. The van der Waals surface area contributed by atoms with Gasteiger partial charge in [-0.15, -0.1) is 22.7 Å². The second-order valence-corrected chi connectivity index (χ2v) is 7.66. The van der Waals surface area contributed by atoms with Crippen LogP contribution in [0, 0.1) is 12.7 Å². The highest BCUT2D eigenvalue weighted by atomic mass is 32.1. The first-order chi connectivity index (χ1) is 12.5. The number of nitrogens with one attached hydrogen (secondary N) is 1. The number of rotatable bonds is 5. The molecule has 0 spiro atoms. The summed E-state index contributed by atoms with van der Waals surface area (Å²) >= 11 is 2.65. The third-order valence-corrected chi connectivity index (χ3v) is 5.34. The number of carbonyl (C=O) groups is 2. The van der Waals surface area contributed by atoms with Gasteiger partial charge < -0.3 is 9.88 Å². The summed E-state index contributed by atoms with van der Waals surface area (Å²) in [5.41, 5.74) is 0.515. The SMILES string of the molecule is Cc1ccc(C(=O)NCC(=O)N=c2sccn2Cc2ccccc2F)s1. The number of hydrogen-bond acceptors (Lipinski definition) is 4. The Balaban J connectivity index is 1.66. The molecule has 0 radical (unpaired) electrons. The van der Waals surface area contributed by atoms with Crippen LogP contribution in [0.4, 0.5) is 4.39 Å². The van der Waals surface area contributed by atoms with Gasteiger partial charge in [0.1, 0.15) is 5.82 Å². The van der Waals surface area contributed by atoms with Crippen LogP contribution in [0.2, 0.25) is 0 Å². The molecule has 0 unspecified atom stereocenters. The average Bonchev–Trinajstić information content (AvgIpc) is 3.24. The lowest BCUT2D eigenvalue weighted by molar-refractivity contribution is -0.117. The van der Waals surface area contributed by atoms with E-state index in [0.717, 1.165) is 4.88 Å². The van der Waals surface area contributed by atoms with Crippen molar-refractivity contribution in [1.82, 2.24) is 9.88 Å². The number of nitrogens with zero attached hydrogens (tertiary/aromatic N) is 2. The smallest absolute Gasteiger partial charge is 0.267 e. The summed E-state index contributed by atoms with van der Waals surface area (Å²) in [4.78, 5) is 30.1. The zero-order valence-electron chi connectivity index (χ0n) is 13.9. The van der Waals surface area contributed by atoms with Crippen molar-refractivity contribution >= 4 is 34.5 Å². The Kier molecular flexibility index (Phi) is 5.75. The lowest BCUT2D eigenvalue weighted by atomic mass is 10.2. The van der Waals surface area contributed by atoms with Crippen molar-refractivity contribution in [2.45, 2.75) is 13.5 Å². The molecule has 0 aliphatic carbocycles. The Morgan fingerprint density at radius 3 is 2.77 bits per heavy atom. The third-order valence-electron chi connectivity index (χ3n) is 3.54. The van der Waals surface area contributed by atoms with Crippen LogP contribution in [0.5, 0.6) is 0 Å². The van der Waals surface area contributed by atoms with Crippen LogP contribution in [0.25, 0.3) is 0 Å². The van der Waals surface area contributed by atoms with Gasteiger partial charge in [-0.25, -0.2) is 4.39 Å². The number of carbonyl (C=O) groups excluding carboxylic acids is 2. The minimum Gasteiger partial charge on any atom is -0.342 e. The first-order valence-corrected chi connectivity index (χ1v) is 9.52. The Bertz CT molecular complexity index is 1000. The topological polar surface area (TPSA) is 63.5 Å². The molecule has 1 N–H and O–H groups in total. The Labute approximate surface area is 157 Å². The van der Waals surface area contributed by atoms with Crippen LogP contribution in [-0.2, 0) is 11.3 Å². The van der Waals surface area contributed by atoms with Gasteiger partial charge in [0.25, 0.3) is 11.8 Å². The number of thiophene rings is 1. The zero-order chi connectivity index (χ0) is 18.5. The van der Waals surface area contributed by atoms with Crippen LogP contribution in [0.15, 0.2) is 53.0 Å². The van der Waals surface area contributed by atoms with E-state index in [1.54, 1.807) is 40.4 Å². The van der Waals surface area contributed by atoms with Gasteiger partial charge in [-0.1, -0.05) is 18.2 Å². The molecule has 0 atom stereocenters. The highest BCUT2D eigenvalue weighted by molar-refractivity contribution is 7.13. The maximum Gasteiger partial charge on any atom is 0.267 e. The van der Waals surface area contributed by atoms with E-state index in [4.69, 9.17) is 0 Å². The quantitative estimate of drug-likeness (QED) is 0.729. The number of halogens is 1. The molecule has 134 valence electrons. The van der Waals surface area contributed by atoms with Crippen molar-refractivity contribution in [3.8, 4) is 0 Å². The van der Waals surface area contributed by atoms with Crippen molar-refractivity contribution in [1.29, 1.82) is 0 Å². The average molecular weight is 389 g/mol. The fourth-order valence-electron chi connectivity index (χ4n) is 2.26. The van der Waals surface area contributed by atoms with E-state index in [1.807, 2.05) is 13.0 Å². The molecular formula is C18H16FN3O2S2. The fourth-order valence-corrected chi connectivity index (χ4v) is 3.79. The molecular weight excluding hydrogens is 373 g/mol. The van der Waals surface area contributed by atoms with E-state index in [0.29, 0.717) is 15.2 Å². The van der Waals surface area contributed by atoms with Crippen LogP contribution in [0.3, 0.4) is 0 Å².